The Kier molecular flexibility index (Phi) is 9.22. The number of hydrogen-bond donors (Lipinski definition) is 3. The van der Waals surface area contributed by atoms with Crippen LogP contribution in [0.4, 0.5) is 0 Å². The number of aromatic nitrogens is 1. The van der Waals surface area contributed by atoms with Gasteiger partial charge in [-0.1, -0.05) is 18.2 Å². The fourth-order valence-corrected chi connectivity index (χ4v) is 6.81. The van der Waals surface area contributed by atoms with Gasteiger partial charge in [-0.15, -0.1) is 23.1 Å². The first-order valence-corrected chi connectivity index (χ1v) is 13.7. The van der Waals surface area contributed by atoms with E-state index in [9.17, 15) is 15.3 Å². The molecule has 3 heterocycles. The normalized spacial score (nSPS) is 20.9. The third kappa shape index (κ3) is 6.30. The minimum Gasteiger partial charge on any atom is -0.495 e. The third-order valence-corrected chi connectivity index (χ3v) is 8.93. The molecule has 6 nitrogen and oxygen atoms in total. The number of thioether (sulfide) groups is 1. The fourth-order valence-electron chi connectivity index (χ4n) is 4.95. The Bertz CT molecular complexity index is 1030. The second-order valence-electron chi connectivity index (χ2n) is 8.94. The van der Waals surface area contributed by atoms with Gasteiger partial charge in [-0.3, -0.25) is 4.98 Å². The molecule has 0 unspecified atom stereocenters. The van der Waals surface area contributed by atoms with E-state index in [4.69, 9.17) is 4.74 Å². The molecule has 1 fully saturated rings. The predicted molar refractivity (Wildman–Crippen MR) is 139 cm³/mol. The van der Waals surface area contributed by atoms with E-state index < -0.39 is 12.2 Å². The zero-order valence-electron chi connectivity index (χ0n) is 19.5. The quantitative estimate of drug-likeness (QED) is 0.339. The number of piperidine rings is 1. The number of hydrogen-bond acceptors (Lipinski definition) is 8. The van der Waals surface area contributed by atoms with Gasteiger partial charge in [0.25, 0.3) is 0 Å². The second-order valence-corrected chi connectivity index (χ2v) is 11.3. The number of thiophene rings is 1. The molecule has 0 aliphatic carbocycles. The Labute approximate surface area is 209 Å². The standard InChI is InChI=1S/C26H34N2O4S2/c1-32-20-15-22-21(4-2-5-23(22)27-16-20)26(31)24(30)14-18-7-9-28(17-19(18)8-11-29)10-13-34-25-6-3-12-33-25/h2-6,12,15-16,18-19,24,26,29-31H,7-11,13-14,17H2,1H3/t18-,19+,24+,26+/m0/s1. The first-order chi connectivity index (χ1) is 16.6. The lowest BCUT2D eigenvalue weighted by atomic mass is 9.78. The maximum absolute atomic E-state index is 11.1. The van der Waals surface area contributed by atoms with Crippen LogP contribution in [0.5, 0.6) is 5.75 Å². The molecular formula is C26H34N2O4S2. The van der Waals surface area contributed by atoms with Crippen molar-refractivity contribution in [2.75, 3.05) is 39.1 Å². The number of methoxy groups -OCH3 is 1. The predicted octanol–water partition coefficient (Wildman–Crippen LogP) is 4.20. The van der Waals surface area contributed by atoms with Crippen LogP contribution in [0.25, 0.3) is 10.9 Å². The van der Waals surface area contributed by atoms with Crippen molar-refractivity contribution in [1.82, 2.24) is 9.88 Å². The highest BCUT2D eigenvalue weighted by atomic mass is 32.2. The molecule has 1 saturated heterocycles. The Morgan fingerprint density at radius 2 is 2.12 bits per heavy atom. The van der Waals surface area contributed by atoms with Crippen LogP contribution in [0.15, 0.2) is 52.2 Å². The van der Waals surface area contributed by atoms with Crippen molar-refractivity contribution in [1.29, 1.82) is 0 Å². The van der Waals surface area contributed by atoms with Crippen LogP contribution in [-0.4, -0.2) is 70.4 Å². The number of nitrogens with zero attached hydrogens (tertiary/aromatic N) is 2. The van der Waals surface area contributed by atoms with Gasteiger partial charge in [0, 0.05) is 30.8 Å². The second kappa shape index (κ2) is 12.3. The number of benzene rings is 1. The summed E-state index contributed by atoms with van der Waals surface area (Å²) in [6.45, 7) is 3.07. The van der Waals surface area contributed by atoms with Crippen molar-refractivity contribution in [2.24, 2.45) is 11.8 Å². The monoisotopic (exact) mass is 502 g/mol. The van der Waals surface area contributed by atoms with Gasteiger partial charge in [-0.2, -0.15) is 0 Å². The Hall–Kier alpha value is -1.68. The molecule has 3 N–H and O–H groups in total. The SMILES string of the molecule is COc1cnc2cccc([C@@H](O)[C@H](O)C[C@@H]3CCN(CCSc4cccs4)C[C@H]3CCO)c2c1. The van der Waals surface area contributed by atoms with E-state index in [1.165, 1.54) is 4.21 Å². The first-order valence-electron chi connectivity index (χ1n) is 11.9. The number of ether oxygens (including phenoxy) is 1. The molecule has 0 spiro atoms. The van der Waals surface area contributed by atoms with Crippen molar-refractivity contribution in [3.63, 3.8) is 0 Å². The lowest BCUT2D eigenvalue weighted by Gasteiger charge is -2.39. The summed E-state index contributed by atoms with van der Waals surface area (Å²) in [7, 11) is 1.59. The smallest absolute Gasteiger partial charge is 0.137 e. The zero-order valence-corrected chi connectivity index (χ0v) is 21.2. The lowest BCUT2D eigenvalue weighted by molar-refractivity contribution is -0.0144. The number of rotatable bonds is 11. The van der Waals surface area contributed by atoms with Crippen LogP contribution in [-0.2, 0) is 0 Å². The Morgan fingerprint density at radius 1 is 1.24 bits per heavy atom. The van der Waals surface area contributed by atoms with Crippen molar-refractivity contribution in [3.8, 4) is 5.75 Å². The summed E-state index contributed by atoms with van der Waals surface area (Å²) < 4.78 is 6.65. The van der Waals surface area contributed by atoms with Crippen LogP contribution in [0, 0.1) is 11.8 Å². The molecule has 2 aromatic heterocycles. The summed E-state index contributed by atoms with van der Waals surface area (Å²) >= 11 is 3.67. The van der Waals surface area contributed by atoms with Crippen LogP contribution < -0.4 is 4.74 Å². The molecule has 4 rings (SSSR count). The maximum atomic E-state index is 11.1. The lowest BCUT2D eigenvalue weighted by Crippen LogP contribution is -2.43. The van der Waals surface area contributed by atoms with Crippen LogP contribution in [0.1, 0.15) is 30.9 Å². The summed E-state index contributed by atoms with van der Waals surface area (Å²) in [6, 6.07) is 11.7. The Balaban J connectivity index is 1.37. The van der Waals surface area contributed by atoms with Gasteiger partial charge in [-0.05, 0) is 66.8 Å². The molecule has 34 heavy (non-hydrogen) atoms. The van der Waals surface area contributed by atoms with Crippen LogP contribution >= 0.6 is 23.1 Å². The molecule has 0 amide bonds. The Morgan fingerprint density at radius 3 is 2.88 bits per heavy atom. The highest BCUT2D eigenvalue weighted by Crippen LogP contribution is 2.35. The van der Waals surface area contributed by atoms with Gasteiger partial charge in [0.1, 0.15) is 11.9 Å². The minimum atomic E-state index is -1.01. The molecule has 1 aliphatic rings. The summed E-state index contributed by atoms with van der Waals surface area (Å²) in [5, 5.41) is 34.7. The molecule has 0 bridgehead atoms. The average molecular weight is 503 g/mol. The summed E-state index contributed by atoms with van der Waals surface area (Å²) in [6.07, 6.45) is 1.95. The third-order valence-electron chi connectivity index (χ3n) is 6.82. The van der Waals surface area contributed by atoms with Crippen LogP contribution in [0.3, 0.4) is 0 Å². The van der Waals surface area contributed by atoms with Crippen LogP contribution in [0.2, 0.25) is 0 Å². The van der Waals surface area contributed by atoms with E-state index in [1.807, 2.05) is 36.0 Å². The summed E-state index contributed by atoms with van der Waals surface area (Å²) in [5.41, 5.74) is 1.43. The molecule has 0 saturated carbocycles. The van der Waals surface area contributed by atoms with E-state index in [1.54, 1.807) is 24.6 Å². The van der Waals surface area contributed by atoms with Gasteiger partial charge < -0.3 is 25.0 Å². The fraction of sp³-hybridized carbons (Fsp3) is 0.500. The molecule has 1 aliphatic heterocycles. The molecule has 184 valence electrons. The number of aliphatic hydroxyl groups excluding tert-OH is 3. The molecule has 0 radical (unpaired) electrons. The number of likely N-dealkylation sites (tertiary alicyclic amines) is 1. The first kappa shape index (κ1) is 25.4. The van der Waals surface area contributed by atoms with Crippen molar-refractivity contribution in [2.45, 2.75) is 35.7 Å². The molecule has 3 aromatic rings. The van der Waals surface area contributed by atoms with E-state index in [2.05, 4.69) is 27.4 Å². The number of aliphatic hydroxyl groups is 3. The van der Waals surface area contributed by atoms with Gasteiger partial charge in [0.15, 0.2) is 0 Å². The zero-order chi connectivity index (χ0) is 23.9. The highest BCUT2D eigenvalue weighted by Gasteiger charge is 2.32. The van der Waals surface area contributed by atoms with Crippen molar-refractivity contribution >= 4 is 34.0 Å². The minimum absolute atomic E-state index is 0.145. The molecule has 4 atom stereocenters. The van der Waals surface area contributed by atoms with Gasteiger partial charge in [0.05, 0.1) is 29.1 Å². The average Bonchev–Trinajstić information content (AvgIpc) is 3.38. The topological polar surface area (TPSA) is 86.0 Å². The van der Waals surface area contributed by atoms with Crippen molar-refractivity contribution in [3.05, 3.63) is 53.5 Å². The molecule has 8 heteroatoms. The van der Waals surface area contributed by atoms with E-state index in [0.29, 0.717) is 23.7 Å². The molecular weight excluding hydrogens is 468 g/mol. The summed E-state index contributed by atoms with van der Waals surface area (Å²) in [5.74, 6) is 2.24. The number of fused-ring (bicyclic) bond motifs is 1. The summed E-state index contributed by atoms with van der Waals surface area (Å²) in [4.78, 5) is 6.88. The van der Waals surface area contributed by atoms with E-state index in [0.717, 1.165) is 49.1 Å². The van der Waals surface area contributed by atoms with Crippen molar-refractivity contribution < 1.29 is 20.1 Å². The van der Waals surface area contributed by atoms with Gasteiger partial charge in [0.2, 0.25) is 0 Å². The molecule has 1 aromatic carbocycles. The number of pyridine rings is 1. The van der Waals surface area contributed by atoms with Gasteiger partial charge in [-0.25, -0.2) is 0 Å². The maximum Gasteiger partial charge on any atom is 0.137 e. The largest absolute Gasteiger partial charge is 0.495 e. The van der Waals surface area contributed by atoms with E-state index in [-0.39, 0.29) is 12.5 Å². The highest BCUT2D eigenvalue weighted by molar-refractivity contribution is 8.01. The van der Waals surface area contributed by atoms with Gasteiger partial charge >= 0.3 is 0 Å². The van der Waals surface area contributed by atoms with E-state index >= 15 is 0 Å².